The molecule has 2 rings (SSSR count). The van der Waals surface area contributed by atoms with Gasteiger partial charge in [-0.1, -0.05) is 30.3 Å². The van der Waals surface area contributed by atoms with E-state index in [0.717, 1.165) is 6.54 Å². The third-order valence-corrected chi connectivity index (χ3v) is 3.98. The summed E-state index contributed by atoms with van der Waals surface area (Å²) in [5.74, 6) is 0.212. The highest BCUT2D eigenvalue weighted by Gasteiger charge is 2.25. The summed E-state index contributed by atoms with van der Waals surface area (Å²) >= 11 is 0. The second-order valence-electron chi connectivity index (χ2n) is 7.48. The number of amides is 1. The minimum Gasteiger partial charge on any atom is -0.383 e. The van der Waals surface area contributed by atoms with Crippen molar-refractivity contribution in [2.75, 3.05) is 19.3 Å². The third-order valence-electron chi connectivity index (χ3n) is 3.98. The van der Waals surface area contributed by atoms with E-state index in [4.69, 9.17) is 5.73 Å². The fourth-order valence-corrected chi connectivity index (χ4v) is 3.00. The normalized spacial score (nSPS) is 12.0. The van der Waals surface area contributed by atoms with Crippen LogP contribution < -0.4 is 11.1 Å². The van der Waals surface area contributed by atoms with E-state index >= 15 is 0 Å². The van der Waals surface area contributed by atoms with E-state index in [2.05, 4.69) is 27.4 Å². The number of likely N-dealkylation sites (N-methyl/N-ethyl adjacent to an activating group) is 1. The largest absolute Gasteiger partial charge is 0.383 e. The Labute approximate surface area is 150 Å². The molecule has 136 valence electrons. The van der Waals surface area contributed by atoms with Gasteiger partial charge in [0.1, 0.15) is 11.4 Å². The molecule has 0 spiro atoms. The van der Waals surface area contributed by atoms with Crippen molar-refractivity contribution in [1.82, 2.24) is 20.0 Å². The lowest BCUT2D eigenvalue weighted by Gasteiger charge is -2.31. The predicted octanol–water partition coefficient (Wildman–Crippen LogP) is 2.69. The van der Waals surface area contributed by atoms with Crippen LogP contribution in [0.25, 0.3) is 0 Å². The zero-order valence-electron chi connectivity index (χ0n) is 15.8. The summed E-state index contributed by atoms with van der Waals surface area (Å²) in [4.78, 5) is 14.8. The van der Waals surface area contributed by atoms with Crippen molar-refractivity contribution in [3.8, 4) is 0 Å². The summed E-state index contributed by atoms with van der Waals surface area (Å²) in [6.45, 7) is 9.52. The molecule has 0 unspecified atom stereocenters. The fraction of sp³-hybridized carbons (Fsp3) is 0.474. The molecule has 0 bridgehead atoms. The van der Waals surface area contributed by atoms with Gasteiger partial charge in [0.05, 0.1) is 6.20 Å². The summed E-state index contributed by atoms with van der Waals surface area (Å²) in [7, 11) is 2.05. The molecule has 1 amide bonds. The molecule has 0 aliphatic carbocycles. The van der Waals surface area contributed by atoms with E-state index in [1.54, 1.807) is 4.68 Å². The molecule has 0 radical (unpaired) electrons. The number of nitrogen functional groups attached to an aromatic ring is 1. The summed E-state index contributed by atoms with van der Waals surface area (Å²) < 4.78 is 1.66. The molecular formula is C19H29N5O. The maximum Gasteiger partial charge on any atom is 0.257 e. The molecule has 0 saturated heterocycles. The summed E-state index contributed by atoms with van der Waals surface area (Å²) in [6.07, 6.45) is 1.54. The zero-order valence-corrected chi connectivity index (χ0v) is 15.8. The Morgan fingerprint density at radius 3 is 2.52 bits per heavy atom. The van der Waals surface area contributed by atoms with E-state index < -0.39 is 5.54 Å². The van der Waals surface area contributed by atoms with Crippen LogP contribution in [0.1, 0.15) is 49.7 Å². The Balaban J connectivity index is 1.99. The average molecular weight is 343 g/mol. The minimum absolute atomic E-state index is 0.117. The number of benzene rings is 1. The van der Waals surface area contributed by atoms with Gasteiger partial charge in [0.15, 0.2) is 0 Å². The molecule has 1 aromatic heterocycles. The standard InChI is InChI=1S/C19H29N5O/c1-14(2)24-17(20)16(11-21-24)18(25)22-19(3,4)13-23(5)12-15-9-7-6-8-10-15/h6-11,14H,12-13,20H2,1-5H3,(H,22,25). The Morgan fingerprint density at radius 1 is 1.32 bits per heavy atom. The Hall–Kier alpha value is -2.34. The van der Waals surface area contributed by atoms with Gasteiger partial charge in [-0.25, -0.2) is 4.68 Å². The molecular weight excluding hydrogens is 314 g/mol. The fourth-order valence-electron chi connectivity index (χ4n) is 3.00. The maximum absolute atomic E-state index is 12.6. The molecule has 6 nitrogen and oxygen atoms in total. The highest BCUT2D eigenvalue weighted by Crippen LogP contribution is 2.17. The number of nitrogens with zero attached hydrogens (tertiary/aromatic N) is 3. The van der Waals surface area contributed by atoms with Gasteiger partial charge >= 0.3 is 0 Å². The molecule has 1 aromatic carbocycles. The van der Waals surface area contributed by atoms with Crippen molar-refractivity contribution in [3.63, 3.8) is 0 Å². The zero-order chi connectivity index (χ0) is 18.6. The molecule has 25 heavy (non-hydrogen) atoms. The number of rotatable bonds is 7. The van der Waals surface area contributed by atoms with Crippen LogP contribution >= 0.6 is 0 Å². The molecule has 0 fully saturated rings. The van der Waals surface area contributed by atoms with Gasteiger partial charge < -0.3 is 11.1 Å². The van der Waals surface area contributed by atoms with Gasteiger partial charge in [-0.2, -0.15) is 5.10 Å². The first-order valence-electron chi connectivity index (χ1n) is 8.57. The Bertz CT molecular complexity index is 706. The number of nitrogens with two attached hydrogens (primary N) is 1. The van der Waals surface area contributed by atoms with Crippen LogP contribution in [0, 0.1) is 0 Å². The van der Waals surface area contributed by atoms with Crippen molar-refractivity contribution >= 4 is 11.7 Å². The van der Waals surface area contributed by atoms with Crippen molar-refractivity contribution in [2.45, 2.75) is 45.8 Å². The number of anilines is 1. The van der Waals surface area contributed by atoms with Gasteiger partial charge in [-0.05, 0) is 40.3 Å². The molecule has 0 aliphatic rings. The van der Waals surface area contributed by atoms with E-state index in [-0.39, 0.29) is 11.9 Å². The topological polar surface area (TPSA) is 76.2 Å². The van der Waals surface area contributed by atoms with E-state index in [9.17, 15) is 4.79 Å². The van der Waals surface area contributed by atoms with Gasteiger partial charge in [-0.15, -0.1) is 0 Å². The van der Waals surface area contributed by atoms with Crippen molar-refractivity contribution in [2.24, 2.45) is 0 Å². The monoisotopic (exact) mass is 343 g/mol. The van der Waals surface area contributed by atoms with Crippen LogP contribution in [-0.4, -0.2) is 39.7 Å². The van der Waals surface area contributed by atoms with Crippen LogP contribution in [0.5, 0.6) is 0 Å². The second-order valence-corrected chi connectivity index (χ2v) is 7.48. The first-order valence-corrected chi connectivity index (χ1v) is 8.57. The van der Waals surface area contributed by atoms with E-state index in [0.29, 0.717) is 17.9 Å². The van der Waals surface area contributed by atoms with E-state index in [1.165, 1.54) is 11.8 Å². The molecule has 6 heteroatoms. The van der Waals surface area contributed by atoms with Crippen LogP contribution in [0.4, 0.5) is 5.82 Å². The Kier molecular flexibility index (Phi) is 5.85. The number of hydrogen-bond donors (Lipinski definition) is 2. The average Bonchev–Trinajstić information content (AvgIpc) is 2.88. The molecule has 0 saturated carbocycles. The Morgan fingerprint density at radius 2 is 1.96 bits per heavy atom. The van der Waals surface area contributed by atoms with Crippen molar-refractivity contribution in [3.05, 3.63) is 47.7 Å². The number of aromatic nitrogens is 2. The van der Waals surface area contributed by atoms with Crippen LogP contribution in [0.3, 0.4) is 0 Å². The number of nitrogens with one attached hydrogen (secondary N) is 1. The lowest BCUT2D eigenvalue weighted by atomic mass is 10.0. The van der Waals surface area contributed by atoms with Gasteiger partial charge in [0.2, 0.25) is 0 Å². The van der Waals surface area contributed by atoms with Gasteiger partial charge in [0.25, 0.3) is 5.91 Å². The molecule has 0 aliphatic heterocycles. The maximum atomic E-state index is 12.6. The lowest BCUT2D eigenvalue weighted by molar-refractivity contribution is 0.0894. The smallest absolute Gasteiger partial charge is 0.257 e. The van der Waals surface area contributed by atoms with Crippen LogP contribution in [0.15, 0.2) is 36.5 Å². The SMILES string of the molecule is CC(C)n1ncc(C(=O)NC(C)(C)CN(C)Cc2ccccc2)c1N. The first kappa shape index (κ1) is 19.0. The van der Waals surface area contributed by atoms with Gasteiger partial charge in [0, 0.05) is 24.7 Å². The molecule has 0 atom stereocenters. The molecule has 2 aromatic rings. The van der Waals surface area contributed by atoms with Crippen LogP contribution in [0.2, 0.25) is 0 Å². The number of hydrogen-bond acceptors (Lipinski definition) is 4. The first-order chi connectivity index (χ1) is 11.7. The van der Waals surface area contributed by atoms with E-state index in [1.807, 2.05) is 52.9 Å². The molecule has 3 N–H and O–H groups in total. The quantitative estimate of drug-likeness (QED) is 0.810. The lowest BCUT2D eigenvalue weighted by Crippen LogP contribution is -2.50. The number of carbonyl (C=O) groups excluding carboxylic acids is 1. The summed E-state index contributed by atoms with van der Waals surface area (Å²) in [6, 6.07) is 10.4. The highest BCUT2D eigenvalue weighted by molar-refractivity contribution is 5.98. The van der Waals surface area contributed by atoms with Gasteiger partial charge in [-0.3, -0.25) is 9.69 Å². The highest BCUT2D eigenvalue weighted by atomic mass is 16.1. The number of carbonyl (C=O) groups is 1. The van der Waals surface area contributed by atoms with Crippen molar-refractivity contribution < 1.29 is 4.79 Å². The summed E-state index contributed by atoms with van der Waals surface area (Å²) in [5, 5.41) is 7.27. The third kappa shape index (κ3) is 5.06. The van der Waals surface area contributed by atoms with Crippen molar-refractivity contribution in [1.29, 1.82) is 0 Å². The second kappa shape index (κ2) is 7.70. The predicted molar refractivity (Wildman–Crippen MR) is 101 cm³/mol. The minimum atomic E-state index is -0.396. The van der Waals surface area contributed by atoms with Crippen LogP contribution in [-0.2, 0) is 6.54 Å². The molecule has 1 heterocycles. The summed E-state index contributed by atoms with van der Waals surface area (Å²) in [5.41, 5.74) is 7.33.